The minimum atomic E-state index is -0.610. The highest BCUT2D eigenvalue weighted by molar-refractivity contribution is 7.56. The van der Waals surface area contributed by atoms with Gasteiger partial charge in [0, 0.05) is 33.3 Å². The van der Waals surface area contributed by atoms with Crippen LogP contribution in [0.25, 0.3) is 0 Å². The summed E-state index contributed by atoms with van der Waals surface area (Å²) < 4.78 is 0. The minimum absolute atomic E-state index is 0.0132. The molecule has 0 rings (SSSR count). The van der Waals surface area contributed by atoms with Gasteiger partial charge < -0.3 is 14.7 Å². The number of unbranched alkanes of at least 4 members (excludes halogenated alkanes) is 1. The molecule has 0 radical (unpaired) electrons. The Morgan fingerprint density at radius 2 is 1.15 bits per heavy atom. The number of hydrogen-bond donors (Lipinski definition) is 0. The largest absolute Gasteiger partial charge is 0.338 e. The van der Waals surface area contributed by atoms with E-state index in [1.54, 1.807) is 33.0 Å². The van der Waals surface area contributed by atoms with Gasteiger partial charge in [-0.3, -0.25) is 14.4 Å². The average molecular weight is 560 g/mol. The molecular weight excluding hydrogens is 505 g/mol. The van der Waals surface area contributed by atoms with Crippen molar-refractivity contribution in [2.75, 3.05) is 41.0 Å². The van der Waals surface area contributed by atoms with Crippen molar-refractivity contribution >= 4 is 25.6 Å². The highest BCUT2D eigenvalue weighted by Crippen LogP contribution is 2.33. The van der Waals surface area contributed by atoms with Crippen molar-refractivity contribution in [3.8, 4) is 0 Å². The molecule has 0 fully saturated rings. The number of rotatable bonds is 19. The molecule has 0 aromatic heterocycles. The van der Waals surface area contributed by atoms with Crippen LogP contribution in [-0.2, 0) is 14.4 Å². The van der Waals surface area contributed by atoms with Gasteiger partial charge in [-0.25, -0.2) is 0 Å². The quantitative estimate of drug-likeness (QED) is 0.0998. The third-order valence-corrected chi connectivity index (χ3v) is 8.54. The summed E-state index contributed by atoms with van der Waals surface area (Å²) >= 11 is 0. The lowest BCUT2D eigenvalue weighted by Crippen LogP contribution is -2.49. The number of carbonyl (C=O) groups is 3. The van der Waals surface area contributed by atoms with Gasteiger partial charge >= 0.3 is 0 Å². The summed E-state index contributed by atoms with van der Waals surface area (Å²) in [4.78, 5) is 42.6. The summed E-state index contributed by atoms with van der Waals surface area (Å²) in [5, 5.41) is 0. The standard InChI is InChI=1S/C32H54N3O3P/c1-9-10-11-12-13-14-15-16-17-18-19-20-21-22-23-24-25-26-30(36)34(5)28(2)32(38)33(4)27-31(37)35(6)29(3)39(7)8/h10-11,13-14,16-17,19-20,22-23,28-29H,9,12,15,18,21,24-27H2,1-8H3/b11-10-,14-13-,17-16-,20-19-,23-22-. The smallest absolute Gasteiger partial charge is 0.245 e. The predicted octanol–water partition coefficient (Wildman–Crippen LogP) is 6.76. The lowest BCUT2D eigenvalue weighted by molar-refractivity contribution is -0.145. The van der Waals surface area contributed by atoms with E-state index >= 15 is 0 Å². The lowest BCUT2D eigenvalue weighted by Gasteiger charge is -2.32. The van der Waals surface area contributed by atoms with Gasteiger partial charge in [-0.1, -0.05) is 75.6 Å². The number of carbonyl (C=O) groups excluding carboxylic acids is 3. The van der Waals surface area contributed by atoms with Crippen LogP contribution in [-0.4, -0.2) is 85.3 Å². The molecule has 0 saturated carbocycles. The monoisotopic (exact) mass is 559 g/mol. The van der Waals surface area contributed by atoms with Crippen molar-refractivity contribution < 1.29 is 14.4 Å². The maximum absolute atomic E-state index is 12.8. The molecule has 2 unspecified atom stereocenters. The molecule has 220 valence electrons. The maximum Gasteiger partial charge on any atom is 0.245 e. The van der Waals surface area contributed by atoms with Crippen molar-refractivity contribution in [1.82, 2.24) is 14.7 Å². The molecule has 0 aliphatic rings. The maximum atomic E-state index is 12.8. The molecule has 0 aliphatic heterocycles. The summed E-state index contributed by atoms with van der Waals surface area (Å²) in [5.74, 6) is -0.224. The normalized spacial score (nSPS) is 13.9. The summed E-state index contributed by atoms with van der Waals surface area (Å²) in [5.41, 5.74) is 0. The number of amides is 3. The zero-order valence-electron chi connectivity index (χ0n) is 25.8. The second-order valence-electron chi connectivity index (χ2n) is 10.1. The third kappa shape index (κ3) is 17.0. The topological polar surface area (TPSA) is 60.9 Å². The minimum Gasteiger partial charge on any atom is -0.338 e. The first-order valence-electron chi connectivity index (χ1n) is 14.2. The van der Waals surface area contributed by atoms with Crippen molar-refractivity contribution in [1.29, 1.82) is 0 Å². The number of nitrogens with zero attached hydrogens (tertiary/aromatic N) is 3. The van der Waals surface area contributed by atoms with Gasteiger partial charge in [-0.2, -0.15) is 0 Å². The van der Waals surface area contributed by atoms with Gasteiger partial charge in [0.2, 0.25) is 17.7 Å². The molecule has 0 aliphatic carbocycles. The molecule has 0 bridgehead atoms. The fourth-order valence-electron chi connectivity index (χ4n) is 3.56. The Labute approximate surface area is 240 Å². The molecule has 2 atom stereocenters. The summed E-state index contributed by atoms with van der Waals surface area (Å²) in [7, 11) is 4.77. The second-order valence-corrected chi connectivity index (χ2v) is 12.7. The van der Waals surface area contributed by atoms with Crippen LogP contribution >= 0.6 is 7.92 Å². The van der Waals surface area contributed by atoms with Crippen LogP contribution in [0, 0.1) is 0 Å². The van der Waals surface area contributed by atoms with Crippen LogP contribution in [0.2, 0.25) is 0 Å². The van der Waals surface area contributed by atoms with E-state index < -0.39 is 6.04 Å². The second kappa shape index (κ2) is 22.4. The number of allylic oxidation sites excluding steroid dienone is 10. The fourth-order valence-corrected chi connectivity index (χ4v) is 4.39. The Morgan fingerprint density at radius 1 is 0.692 bits per heavy atom. The Kier molecular flexibility index (Phi) is 21.0. The van der Waals surface area contributed by atoms with Crippen molar-refractivity contribution in [3.05, 3.63) is 60.8 Å². The van der Waals surface area contributed by atoms with Crippen molar-refractivity contribution in [3.63, 3.8) is 0 Å². The Hall–Kier alpha value is -2.46. The molecule has 0 aromatic rings. The lowest BCUT2D eigenvalue weighted by atomic mass is 10.1. The zero-order chi connectivity index (χ0) is 29.6. The van der Waals surface area contributed by atoms with E-state index in [0.29, 0.717) is 6.42 Å². The molecule has 0 N–H and O–H groups in total. The summed E-state index contributed by atoms with van der Waals surface area (Å²) in [6.07, 6.45) is 28.5. The van der Waals surface area contributed by atoms with Gasteiger partial charge in [0.15, 0.2) is 0 Å². The van der Waals surface area contributed by atoms with Gasteiger partial charge in [0.1, 0.15) is 6.04 Å². The van der Waals surface area contributed by atoms with E-state index in [1.807, 2.05) is 6.92 Å². The average Bonchev–Trinajstić information content (AvgIpc) is 2.92. The van der Waals surface area contributed by atoms with Gasteiger partial charge in [0.05, 0.1) is 6.54 Å². The molecule has 6 nitrogen and oxygen atoms in total. The van der Waals surface area contributed by atoms with Gasteiger partial charge in [-0.15, -0.1) is 0 Å². The van der Waals surface area contributed by atoms with Gasteiger partial charge in [0.25, 0.3) is 0 Å². The van der Waals surface area contributed by atoms with E-state index in [9.17, 15) is 14.4 Å². The van der Waals surface area contributed by atoms with Gasteiger partial charge in [-0.05, 0) is 72.1 Å². The molecular formula is C32H54N3O3P. The Bertz CT molecular complexity index is 861. The SMILES string of the molecule is CC/C=C\C/C=C\C/C=C\C/C=C\C/C=C\CCCC(=O)N(C)C(C)C(=O)N(C)CC(=O)N(C)C(C)P(C)C. The van der Waals surface area contributed by atoms with Crippen LogP contribution < -0.4 is 0 Å². The first-order chi connectivity index (χ1) is 18.5. The van der Waals surface area contributed by atoms with Crippen LogP contribution in [0.3, 0.4) is 0 Å². The van der Waals surface area contributed by atoms with E-state index in [-0.39, 0.29) is 38.0 Å². The number of likely N-dealkylation sites (N-methyl/N-ethyl adjacent to an activating group) is 3. The molecule has 0 saturated heterocycles. The first kappa shape index (κ1) is 36.5. The zero-order valence-corrected chi connectivity index (χ0v) is 26.7. The van der Waals surface area contributed by atoms with E-state index in [0.717, 1.165) is 44.9 Å². The molecule has 0 heterocycles. The highest BCUT2D eigenvalue weighted by Gasteiger charge is 2.27. The fraction of sp³-hybridized carbons (Fsp3) is 0.594. The van der Waals surface area contributed by atoms with Crippen molar-refractivity contribution in [2.45, 2.75) is 84.0 Å². The van der Waals surface area contributed by atoms with E-state index in [2.05, 4.69) is 81.0 Å². The van der Waals surface area contributed by atoms with Crippen LogP contribution in [0.4, 0.5) is 0 Å². The van der Waals surface area contributed by atoms with E-state index in [4.69, 9.17) is 0 Å². The third-order valence-electron chi connectivity index (χ3n) is 6.70. The summed E-state index contributed by atoms with van der Waals surface area (Å²) in [6, 6.07) is -0.610. The highest BCUT2D eigenvalue weighted by atomic mass is 31.1. The Balaban J connectivity index is 4.22. The van der Waals surface area contributed by atoms with Crippen LogP contribution in [0.15, 0.2) is 60.8 Å². The molecule has 0 spiro atoms. The summed E-state index contributed by atoms with van der Waals surface area (Å²) in [6.45, 7) is 10.2. The first-order valence-corrected chi connectivity index (χ1v) is 16.5. The molecule has 0 aromatic carbocycles. The Morgan fingerprint density at radius 3 is 1.62 bits per heavy atom. The predicted molar refractivity (Wildman–Crippen MR) is 169 cm³/mol. The molecule has 3 amide bonds. The molecule has 7 heteroatoms. The van der Waals surface area contributed by atoms with Crippen molar-refractivity contribution in [2.24, 2.45) is 0 Å². The van der Waals surface area contributed by atoms with Crippen LogP contribution in [0.1, 0.15) is 72.1 Å². The molecule has 39 heavy (non-hydrogen) atoms. The van der Waals surface area contributed by atoms with Crippen LogP contribution in [0.5, 0.6) is 0 Å². The number of hydrogen-bond acceptors (Lipinski definition) is 3. The van der Waals surface area contributed by atoms with E-state index in [1.165, 1.54) is 9.80 Å².